The van der Waals surface area contributed by atoms with E-state index in [1.165, 1.54) is 5.69 Å². The molecule has 0 aliphatic heterocycles. The maximum atomic E-state index is 9.87. The van der Waals surface area contributed by atoms with Crippen LogP contribution in [0.4, 0.5) is 25.2 Å². The second-order valence-corrected chi connectivity index (χ2v) is 5.77. The Morgan fingerprint density at radius 1 is 1.00 bits per heavy atom. The summed E-state index contributed by atoms with van der Waals surface area (Å²) >= 11 is 0. The van der Waals surface area contributed by atoms with Gasteiger partial charge in [-0.3, -0.25) is 0 Å². The standard InChI is InChI=1S/C9H14N.F6P/c1-8(2)9-6-4-5-7-10(9)3;1-7(2,3,4,5)6/h4-8H,1-3H3;/q+1;-1. The van der Waals surface area contributed by atoms with Crippen molar-refractivity contribution < 1.29 is 29.7 Å². The van der Waals surface area contributed by atoms with E-state index < -0.39 is 7.81 Å². The molecule has 102 valence electrons. The van der Waals surface area contributed by atoms with Crippen LogP contribution in [0.5, 0.6) is 0 Å². The zero-order chi connectivity index (χ0) is 14.0. The fourth-order valence-corrected chi connectivity index (χ4v) is 1.14. The molecule has 0 aromatic carbocycles. The molecule has 0 atom stereocenters. The van der Waals surface area contributed by atoms with Crippen molar-refractivity contribution in [2.45, 2.75) is 19.8 Å². The van der Waals surface area contributed by atoms with Crippen molar-refractivity contribution in [1.82, 2.24) is 0 Å². The number of hydrogen-bond donors (Lipinski definition) is 0. The summed E-state index contributed by atoms with van der Waals surface area (Å²) in [6.07, 6.45) is 2.08. The minimum atomic E-state index is -10.7. The molecular formula is C9H14F6NP. The molecular weight excluding hydrogens is 267 g/mol. The van der Waals surface area contributed by atoms with Crippen molar-refractivity contribution in [3.05, 3.63) is 30.1 Å². The molecule has 0 spiro atoms. The monoisotopic (exact) mass is 281 g/mol. The summed E-state index contributed by atoms with van der Waals surface area (Å²) in [5, 5.41) is 0. The molecule has 0 saturated heterocycles. The average molecular weight is 281 g/mol. The number of hydrogen-bond acceptors (Lipinski definition) is 0. The SMILES string of the molecule is CC(C)c1cccc[n+]1C.F[P-](F)(F)(F)(F)F. The van der Waals surface area contributed by atoms with Gasteiger partial charge in [-0.25, -0.2) is 4.57 Å². The molecule has 0 amide bonds. The molecule has 8 heteroatoms. The van der Waals surface area contributed by atoms with E-state index in [1.807, 2.05) is 6.07 Å². The third kappa shape index (κ3) is 13.1. The van der Waals surface area contributed by atoms with Crippen LogP contribution in [0.2, 0.25) is 0 Å². The molecule has 0 radical (unpaired) electrons. The van der Waals surface area contributed by atoms with Crippen LogP contribution >= 0.6 is 7.81 Å². The fourth-order valence-electron chi connectivity index (χ4n) is 1.14. The van der Waals surface area contributed by atoms with E-state index in [-0.39, 0.29) is 0 Å². The van der Waals surface area contributed by atoms with Crippen molar-refractivity contribution in [2.24, 2.45) is 7.05 Å². The number of pyridine rings is 1. The summed E-state index contributed by atoms with van der Waals surface area (Å²) in [6, 6.07) is 6.28. The maximum absolute atomic E-state index is 10.7. The predicted octanol–water partition coefficient (Wildman–Crippen LogP) is 5.02. The number of nitrogens with zero attached hydrogens (tertiary/aromatic N) is 1. The van der Waals surface area contributed by atoms with Gasteiger partial charge in [0, 0.05) is 18.1 Å². The molecule has 0 aliphatic rings. The van der Waals surface area contributed by atoms with Gasteiger partial charge in [-0.2, -0.15) is 0 Å². The third-order valence-corrected chi connectivity index (χ3v) is 1.69. The second-order valence-electron chi connectivity index (χ2n) is 3.85. The van der Waals surface area contributed by atoms with E-state index in [9.17, 15) is 25.2 Å². The van der Waals surface area contributed by atoms with Gasteiger partial charge in [0.25, 0.3) is 0 Å². The topological polar surface area (TPSA) is 3.88 Å². The van der Waals surface area contributed by atoms with Gasteiger partial charge in [-0.15, -0.1) is 0 Å². The van der Waals surface area contributed by atoms with Crippen molar-refractivity contribution in [3.8, 4) is 0 Å². The predicted molar refractivity (Wildman–Crippen MR) is 55.3 cm³/mol. The van der Waals surface area contributed by atoms with Gasteiger partial charge >= 0.3 is 33.0 Å². The molecule has 1 aromatic rings. The molecule has 0 aliphatic carbocycles. The first-order valence-electron chi connectivity index (χ1n) is 4.68. The van der Waals surface area contributed by atoms with E-state index >= 15 is 0 Å². The third-order valence-electron chi connectivity index (χ3n) is 1.69. The van der Waals surface area contributed by atoms with Gasteiger partial charge in [-0.1, -0.05) is 19.9 Å². The Morgan fingerprint density at radius 2 is 1.41 bits per heavy atom. The first-order chi connectivity index (χ1) is 7.16. The summed E-state index contributed by atoms with van der Waals surface area (Å²) in [4.78, 5) is 0. The molecule has 1 nitrogen and oxygen atoms in total. The summed E-state index contributed by atoms with van der Waals surface area (Å²) in [5.74, 6) is 0.617. The van der Waals surface area contributed by atoms with Gasteiger partial charge < -0.3 is 0 Å². The normalized spacial score (nSPS) is 15.6. The van der Waals surface area contributed by atoms with Gasteiger partial charge in [-0.05, 0) is 0 Å². The molecule has 0 N–H and O–H groups in total. The molecule has 0 fully saturated rings. The fraction of sp³-hybridized carbons (Fsp3) is 0.444. The zero-order valence-electron chi connectivity index (χ0n) is 9.55. The minimum absolute atomic E-state index is 0.617. The summed E-state index contributed by atoms with van der Waals surface area (Å²) in [6.45, 7) is 4.41. The summed E-state index contributed by atoms with van der Waals surface area (Å²) < 4.78 is 61.4. The molecule has 0 saturated carbocycles. The van der Waals surface area contributed by atoms with Crippen LogP contribution in [0.3, 0.4) is 0 Å². The van der Waals surface area contributed by atoms with Crippen LogP contribution in [0, 0.1) is 0 Å². The van der Waals surface area contributed by atoms with Crippen LogP contribution < -0.4 is 4.57 Å². The summed E-state index contributed by atoms with van der Waals surface area (Å²) in [7, 11) is -8.58. The molecule has 0 bridgehead atoms. The van der Waals surface area contributed by atoms with Crippen LogP contribution in [-0.2, 0) is 7.05 Å². The van der Waals surface area contributed by atoms with Crippen molar-refractivity contribution in [3.63, 3.8) is 0 Å². The average Bonchev–Trinajstić information content (AvgIpc) is 1.98. The quantitative estimate of drug-likeness (QED) is 0.387. The van der Waals surface area contributed by atoms with E-state index in [2.05, 4.69) is 43.8 Å². The van der Waals surface area contributed by atoms with Crippen molar-refractivity contribution in [1.29, 1.82) is 0 Å². The Kier molecular flexibility index (Phi) is 3.92. The van der Waals surface area contributed by atoms with Crippen LogP contribution in [0.15, 0.2) is 24.4 Å². The molecule has 17 heavy (non-hydrogen) atoms. The van der Waals surface area contributed by atoms with Crippen molar-refractivity contribution >= 4 is 7.81 Å². The molecule has 1 rings (SSSR count). The van der Waals surface area contributed by atoms with E-state index in [0.29, 0.717) is 5.92 Å². The van der Waals surface area contributed by atoms with E-state index in [4.69, 9.17) is 0 Å². The first kappa shape index (κ1) is 16.2. The Morgan fingerprint density at radius 3 is 1.65 bits per heavy atom. The zero-order valence-corrected chi connectivity index (χ0v) is 10.4. The first-order valence-corrected chi connectivity index (χ1v) is 6.70. The Hall–Kier alpha value is -0.840. The number of aromatic nitrogens is 1. The van der Waals surface area contributed by atoms with Gasteiger partial charge in [0.1, 0.15) is 7.05 Å². The van der Waals surface area contributed by atoms with Crippen molar-refractivity contribution in [2.75, 3.05) is 0 Å². The summed E-state index contributed by atoms with van der Waals surface area (Å²) in [5.41, 5.74) is 1.38. The Labute approximate surface area is 95.3 Å². The Balaban J connectivity index is 0.000000325. The van der Waals surface area contributed by atoms with Crippen LogP contribution in [-0.4, -0.2) is 0 Å². The number of halogens is 6. The Bertz CT molecular complexity index is 371. The number of rotatable bonds is 1. The van der Waals surface area contributed by atoms with Gasteiger partial charge in [0.15, 0.2) is 11.9 Å². The van der Waals surface area contributed by atoms with Gasteiger partial charge in [0.05, 0.1) is 0 Å². The van der Waals surface area contributed by atoms with Crippen LogP contribution in [0.25, 0.3) is 0 Å². The second kappa shape index (κ2) is 4.12. The van der Waals surface area contributed by atoms with Gasteiger partial charge in [0.2, 0.25) is 0 Å². The molecule has 1 aromatic heterocycles. The van der Waals surface area contributed by atoms with E-state index in [0.717, 1.165) is 0 Å². The van der Waals surface area contributed by atoms with E-state index in [1.54, 1.807) is 0 Å². The molecule has 1 heterocycles. The van der Waals surface area contributed by atoms with Crippen LogP contribution in [0.1, 0.15) is 25.5 Å². The molecule has 0 unspecified atom stereocenters. The number of aryl methyl sites for hydroxylation is 1.